The monoisotopic (exact) mass is 775 g/mol. The minimum atomic E-state index is -0.136. The molecule has 0 bridgehead atoms. The van der Waals surface area contributed by atoms with Crippen LogP contribution in [0.15, 0.2) is 24.3 Å². The van der Waals surface area contributed by atoms with Crippen molar-refractivity contribution >= 4 is 0 Å². The van der Waals surface area contributed by atoms with Crippen LogP contribution in [0, 0.1) is 21.7 Å². The van der Waals surface area contributed by atoms with Crippen LogP contribution in [0.1, 0.15) is 199 Å². The summed E-state index contributed by atoms with van der Waals surface area (Å²) in [4.78, 5) is 0. The highest BCUT2D eigenvalue weighted by atomic mass is 16.6. The summed E-state index contributed by atoms with van der Waals surface area (Å²) >= 11 is 0. The molecule has 4 heteroatoms. The van der Waals surface area contributed by atoms with Gasteiger partial charge in [-0.15, -0.1) is 0 Å². The van der Waals surface area contributed by atoms with Gasteiger partial charge in [-0.2, -0.15) is 0 Å². The zero-order valence-electron chi connectivity index (χ0n) is 40.2. The van der Waals surface area contributed by atoms with E-state index in [2.05, 4.69) is 163 Å². The molecule has 2 aromatic carbocycles. The molecule has 0 aliphatic carbocycles. The number of hydrogen-bond donors (Lipinski definition) is 0. The van der Waals surface area contributed by atoms with E-state index in [0.717, 1.165) is 63.2 Å². The Morgan fingerprint density at radius 2 is 0.625 bits per heavy atom. The first-order valence-electron chi connectivity index (χ1n) is 22.1. The van der Waals surface area contributed by atoms with Crippen molar-refractivity contribution in [3.8, 4) is 22.6 Å². The molecule has 2 aliphatic heterocycles. The van der Waals surface area contributed by atoms with Gasteiger partial charge >= 0.3 is 0 Å². The fourth-order valence-corrected chi connectivity index (χ4v) is 10.7. The van der Waals surface area contributed by atoms with Gasteiger partial charge in [0.15, 0.2) is 0 Å². The Bertz CT molecular complexity index is 1410. The second-order valence-corrected chi connectivity index (χ2v) is 25.5. The second-order valence-electron chi connectivity index (χ2n) is 25.5. The van der Waals surface area contributed by atoms with Crippen LogP contribution in [0.25, 0.3) is 11.1 Å². The third-order valence-corrected chi connectivity index (χ3v) is 11.5. The van der Waals surface area contributed by atoms with Gasteiger partial charge in [-0.1, -0.05) is 138 Å². The summed E-state index contributed by atoms with van der Waals surface area (Å²) in [6.07, 6.45) is 6.65. The Hall–Kier alpha value is -2.04. The van der Waals surface area contributed by atoms with Crippen LogP contribution in [-0.4, -0.2) is 38.6 Å². The zero-order chi connectivity index (χ0) is 42.5. The third-order valence-electron chi connectivity index (χ3n) is 11.5. The molecule has 2 aliphatic rings. The molecular weight excluding hydrogens is 689 g/mol. The predicted molar refractivity (Wildman–Crippen MR) is 240 cm³/mol. The molecule has 56 heavy (non-hydrogen) atoms. The summed E-state index contributed by atoms with van der Waals surface area (Å²) in [5, 5.41) is 0. The summed E-state index contributed by atoms with van der Waals surface area (Å²) in [6, 6.07) is 10.0. The Morgan fingerprint density at radius 3 is 0.804 bits per heavy atom. The summed E-state index contributed by atoms with van der Waals surface area (Å²) in [5.41, 5.74) is 7.81. The Kier molecular flexibility index (Phi) is 13.5. The van der Waals surface area contributed by atoms with E-state index >= 15 is 0 Å². The largest absolute Gasteiger partial charge is 0.493 e. The van der Waals surface area contributed by atoms with Crippen molar-refractivity contribution in [2.24, 2.45) is 21.7 Å². The molecule has 4 nitrogen and oxygen atoms in total. The van der Waals surface area contributed by atoms with Crippen molar-refractivity contribution < 1.29 is 18.9 Å². The van der Waals surface area contributed by atoms with E-state index < -0.39 is 0 Å². The number of benzene rings is 2. The van der Waals surface area contributed by atoms with Crippen molar-refractivity contribution in [1.29, 1.82) is 0 Å². The highest BCUT2D eigenvalue weighted by molar-refractivity contribution is 5.73. The Balaban J connectivity index is 2.12. The first-order chi connectivity index (χ1) is 25.2. The summed E-state index contributed by atoms with van der Waals surface area (Å²) in [5.74, 6) is 2.17. The number of hydrogen-bond acceptors (Lipinski definition) is 4. The van der Waals surface area contributed by atoms with Crippen LogP contribution in [-0.2, 0) is 31.1 Å². The standard InChI is InChI=1S/C52H86O4/c1-45(2,3)31-49(13,14)39-25-35(26-40(50(15,16)32-46(4,5)6)43(39)53-23-21-37-29-55-37)36-27-41(51(17,18)33-47(7,8)9)44(54-24-22-38-30-56-38)42(28-36)52(19,20)34-48(10,11)12/h25-28,37-38H,21-24,29-34H2,1-20H3. The van der Waals surface area contributed by atoms with E-state index in [1.807, 2.05) is 0 Å². The van der Waals surface area contributed by atoms with E-state index in [1.165, 1.54) is 33.4 Å². The van der Waals surface area contributed by atoms with Gasteiger partial charge in [0.2, 0.25) is 0 Å². The lowest BCUT2D eigenvalue weighted by Gasteiger charge is -2.40. The summed E-state index contributed by atoms with van der Waals surface area (Å²) < 4.78 is 25.4. The molecule has 0 saturated carbocycles. The quantitative estimate of drug-likeness (QED) is 0.150. The SMILES string of the molecule is CC(C)(C)CC(C)(C)c1cc(-c2cc(C(C)(C)CC(C)(C)C)c(OCCC3CO3)c(C(C)(C)CC(C)(C)C)c2)cc(C(C)(C)CC(C)(C)C)c1OCCC1CO1. The molecule has 0 aromatic heterocycles. The minimum Gasteiger partial charge on any atom is -0.493 e. The van der Waals surface area contributed by atoms with Crippen molar-refractivity contribution in [2.45, 2.75) is 211 Å². The van der Waals surface area contributed by atoms with Crippen molar-refractivity contribution in [3.63, 3.8) is 0 Å². The lowest BCUT2D eigenvalue weighted by atomic mass is 9.66. The molecule has 0 N–H and O–H groups in total. The van der Waals surface area contributed by atoms with Gasteiger partial charge in [-0.3, -0.25) is 0 Å². The Labute approximate surface area is 346 Å². The van der Waals surface area contributed by atoms with Gasteiger partial charge in [0.1, 0.15) is 11.5 Å². The van der Waals surface area contributed by atoms with Crippen LogP contribution < -0.4 is 9.47 Å². The number of epoxide rings is 2. The highest BCUT2D eigenvalue weighted by Crippen LogP contribution is 2.52. The predicted octanol–water partition coefficient (Wildman–Crippen LogP) is 14.5. The molecule has 0 radical (unpaired) electrons. The fourth-order valence-electron chi connectivity index (χ4n) is 10.7. The topological polar surface area (TPSA) is 43.5 Å². The maximum Gasteiger partial charge on any atom is 0.126 e. The molecule has 2 unspecified atom stereocenters. The van der Waals surface area contributed by atoms with E-state index in [1.54, 1.807) is 0 Å². The average molecular weight is 775 g/mol. The fraction of sp³-hybridized carbons (Fsp3) is 0.769. The van der Waals surface area contributed by atoms with E-state index in [-0.39, 0.29) is 43.3 Å². The van der Waals surface area contributed by atoms with Crippen molar-refractivity contribution in [2.75, 3.05) is 26.4 Å². The minimum absolute atomic E-state index is 0.136. The molecule has 2 aromatic rings. The number of rotatable bonds is 17. The van der Waals surface area contributed by atoms with Crippen LogP contribution in [0.2, 0.25) is 0 Å². The van der Waals surface area contributed by atoms with Gasteiger partial charge < -0.3 is 18.9 Å². The molecule has 2 fully saturated rings. The molecule has 0 amide bonds. The first kappa shape index (κ1) is 46.6. The van der Waals surface area contributed by atoms with Crippen LogP contribution in [0.5, 0.6) is 11.5 Å². The van der Waals surface area contributed by atoms with Crippen LogP contribution in [0.3, 0.4) is 0 Å². The highest BCUT2D eigenvalue weighted by Gasteiger charge is 2.40. The van der Waals surface area contributed by atoms with Gasteiger partial charge in [0.05, 0.1) is 38.6 Å². The van der Waals surface area contributed by atoms with Gasteiger partial charge in [0.25, 0.3) is 0 Å². The lowest BCUT2D eigenvalue weighted by Crippen LogP contribution is -2.30. The van der Waals surface area contributed by atoms with Gasteiger partial charge in [-0.05, 0) is 104 Å². The Morgan fingerprint density at radius 1 is 0.411 bits per heavy atom. The van der Waals surface area contributed by atoms with Crippen LogP contribution >= 0.6 is 0 Å². The van der Waals surface area contributed by atoms with E-state index in [4.69, 9.17) is 18.9 Å². The molecule has 2 heterocycles. The normalized spacial score (nSPS) is 18.6. The maximum atomic E-state index is 7.05. The second kappa shape index (κ2) is 16.2. The molecular formula is C52H86O4. The molecule has 318 valence electrons. The molecule has 4 rings (SSSR count). The van der Waals surface area contributed by atoms with Gasteiger partial charge in [-0.25, -0.2) is 0 Å². The van der Waals surface area contributed by atoms with Gasteiger partial charge in [0, 0.05) is 35.1 Å². The smallest absolute Gasteiger partial charge is 0.126 e. The summed E-state index contributed by atoms with van der Waals surface area (Å²) in [6.45, 7) is 51.0. The maximum absolute atomic E-state index is 7.05. The first-order valence-corrected chi connectivity index (χ1v) is 22.1. The lowest BCUT2D eigenvalue weighted by molar-refractivity contribution is 0.241. The molecule has 0 spiro atoms. The molecule has 2 saturated heterocycles. The van der Waals surface area contributed by atoms with E-state index in [9.17, 15) is 0 Å². The van der Waals surface area contributed by atoms with Crippen molar-refractivity contribution in [3.05, 3.63) is 46.5 Å². The number of ether oxygens (including phenoxy) is 4. The summed E-state index contributed by atoms with van der Waals surface area (Å²) in [7, 11) is 0. The third kappa shape index (κ3) is 13.5. The average Bonchev–Trinajstić information content (AvgIpc) is 3.88. The zero-order valence-corrected chi connectivity index (χ0v) is 40.2. The van der Waals surface area contributed by atoms with Crippen LogP contribution in [0.4, 0.5) is 0 Å². The van der Waals surface area contributed by atoms with Crippen molar-refractivity contribution in [1.82, 2.24) is 0 Å². The van der Waals surface area contributed by atoms with E-state index in [0.29, 0.717) is 25.4 Å². The molecule has 2 atom stereocenters.